The molecule has 1 atom stereocenters. The Morgan fingerprint density at radius 2 is 2.15 bits per heavy atom. The molecule has 0 amide bonds. The molecule has 1 heterocycles. The number of hydrogen-bond acceptors (Lipinski definition) is 3. The summed E-state index contributed by atoms with van der Waals surface area (Å²) in [6, 6.07) is 4.09. The van der Waals surface area contributed by atoms with Gasteiger partial charge >= 0.3 is 5.97 Å². The molecule has 1 unspecified atom stereocenters. The quantitative estimate of drug-likeness (QED) is 0.919. The summed E-state index contributed by atoms with van der Waals surface area (Å²) in [6.45, 7) is 6.62. The number of aliphatic carboxylic acids is 1. The monoisotopic (exact) mass is 277 g/mol. The first-order valence-corrected chi connectivity index (χ1v) is 7.11. The predicted molar refractivity (Wildman–Crippen MR) is 78.1 cm³/mol. The zero-order valence-electron chi connectivity index (χ0n) is 12.5. The molecule has 1 aliphatic rings. The van der Waals surface area contributed by atoms with Crippen LogP contribution in [0, 0.1) is 19.8 Å². The minimum atomic E-state index is -0.669. The molecule has 0 bridgehead atoms. The highest BCUT2D eigenvalue weighted by Crippen LogP contribution is 2.26. The van der Waals surface area contributed by atoms with Gasteiger partial charge in [-0.15, -0.1) is 0 Å². The van der Waals surface area contributed by atoms with Gasteiger partial charge in [-0.1, -0.05) is 6.07 Å². The van der Waals surface area contributed by atoms with E-state index in [2.05, 4.69) is 24.8 Å². The molecule has 20 heavy (non-hydrogen) atoms. The second-order valence-corrected chi connectivity index (χ2v) is 5.59. The molecule has 0 aliphatic carbocycles. The third-order valence-corrected chi connectivity index (χ3v) is 4.32. The van der Waals surface area contributed by atoms with E-state index in [1.54, 1.807) is 7.11 Å². The number of carbonyl (C=O) groups is 1. The molecule has 1 aromatic rings. The minimum absolute atomic E-state index is 0.219. The van der Waals surface area contributed by atoms with Crippen molar-refractivity contribution < 1.29 is 14.6 Å². The normalized spacial score (nSPS) is 19.9. The molecule has 1 N–H and O–H groups in total. The lowest BCUT2D eigenvalue weighted by molar-refractivity contribution is -0.143. The van der Waals surface area contributed by atoms with Crippen molar-refractivity contribution in [3.63, 3.8) is 0 Å². The summed E-state index contributed by atoms with van der Waals surface area (Å²) in [6.07, 6.45) is 1.76. The number of methoxy groups -OCH3 is 1. The van der Waals surface area contributed by atoms with E-state index in [-0.39, 0.29) is 5.92 Å². The van der Waals surface area contributed by atoms with Gasteiger partial charge in [0, 0.05) is 13.1 Å². The molecular weight excluding hydrogens is 254 g/mol. The average Bonchev–Trinajstić information content (AvgIpc) is 2.44. The largest absolute Gasteiger partial charge is 0.496 e. The molecule has 1 saturated heterocycles. The Balaban J connectivity index is 2.10. The van der Waals surface area contributed by atoms with E-state index in [0.29, 0.717) is 6.54 Å². The zero-order chi connectivity index (χ0) is 14.7. The number of hydrogen-bond donors (Lipinski definition) is 1. The number of carboxylic acids is 1. The van der Waals surface area contributed by atoms with Crippen molar-refractivity contribution in [1.82, 2.24) is 4.90 Å². The SMILES string of the molecule is COc1ccc(CN2CCCC(C(=O)O)C2)c(C)c1C. The van der Waals surface area contributed by atoms with E-state index >= 15 is 0 Å². The highest BCUT2D eigenvalue weighted by Gasteiger charge is 2.25. The van der Waals surface area contributed by atoms with E-state index in [9.17, 15) is 4.79 Å². The van der Waals surface area contributed by atoms with Crippen molar-refractivity contribution in [2.75, 3.05) is 20.2 Å². The van der Waals surface area contributed by atoms with Gasteiger partial charge in [0.25, 0.3) is 0 Å². The van der Waals surface area contributed by atoms with E-state index in [4.69, 9.17) is 9.84 Å². The lowest BCUT2D eigenvalue weighted by atomic mass is 9.96. The highest BCUT2D eigenvalue weighted by molar-refractivity contribution is 5.70. The van der Waals surface area contributed by atoms with Crippen LogP contribution < -0.4 is 4.74 Å². The van der Waals surface area contributed by atoms with E-state index < -0.39 is 5.97 Å². The fraction of sp³-hybridized carbons (Fsp3) is 0.562. The van der Waals surface area contributed by atoms with Crippen LogP contribution in [-0.4, -0.2) is 36.2 Å². The first kappa shape index (κ1) is 14.9. The number of benzene rings is 1. The zero-order valence-corrected chi connectivity index (χ0v) is 12.5. The number of rotatable bonds is 4. The maximum Gasteiger partial charge on any atom is 0.307 e. The van der Waals surface area contributed by atoms with Crippen molar-refractivity contribution in [1.29, 1.82) is 0 Å². The van der Waals surface area contributed by atoms with Crippen molar-refractivity contribution in [3.8, 4) is 5.75 Å². The third kappa shape index (κ3) is 3.12. The van der Waals surface area contributed by atoms with Crippen LogP contribution in [0.3, 0.4) is 0 Å². The molecule has 0 aromatic heterocycles. The first-order valence-electron chi connectivity index (χ1n) is 7.11. The molecule has 1 aliphatic heterocycles. The summed E-state index contributed by atoms with van der Waals surface area (Å²) in [5, 5.41) is 9.15. The molecule has 1 aromatic carbocycles. The highest BCUT2D eigenvalue weighted by atomic mass is 16.5. The number of nitrogens with zero attached hydrogens (tertiary/aromatic N) is 1. The van der Waals surface area contributed by atoms with Gasteiger partial charge < -0.3 is 9.84 Å². The second kappa shape index (κ2) is 6.27. The van der Waals surface area contributed by atoms with Gasteiger partial charge in [0.2, 0.25) is 0 Å². The summed E-state index contributed by atoms with van der Waals surface area (Å²) in [4.78, 5) is 13.4. The number of ether oxygens (including phenoxy) is 1. The Labute approximate surface area is 120 Å². The van der Waals surface area contributed by atoms with Crippen molar-refractivity contribution in [2.24, 2.45) is 5.92 Å². The van der Waals surface area contributed by atoms with E-state index in [0.717, 1.165) is 37.2 Å². The first-order chi connectivity index (χ1) is 9.52. The van der Waals surface area contributed by atoms with Crippen LogP contribution in [0.15, 0.2) is 12.1 Å². The number of carboxylic acid groups (broad SMARTS) is 1. The molecule has 2 rings (SSSR count). The molecule has 0 spiro atoms. The second-order valence-electron chi connectivity index (χ2n) is 5.59. The van der Waals surface area contributed by atoms with Gasteiger partial charge in [0.1, 0.15) is 5.75 Å². The van der Waals surface area contributed by atoms with E-state index in [1.807, 2.05) is 6.07 Å². The predicted octanol–water partition coefficient (Wildman–Crippen LogP) is 2.61. The van der Waals surface area contributed by atoms with Gasteiger partial charge in [0.05, 0.1) is 13.0 Å². The van der Waals surface area contributed by atoms with Crippen LogP contribution in [0.25, 0.3) is 0 Å². The van der Waals surface area contributed by atoms with Crippen LogP contribution in [0.1, 0.15) is 29.5 Å². The summed E-state index contributed by atoms with van der Waals surface area (Å²) in [7, 11) is 1.68. The van der Waals surface area contributed by atoms with Crippen LogP contribution in [0.2, 0.25) is 0 Å². The average molecular weight is 277 g/mol. The Morgan fingerprint density at radius 1 is 1.40 bits per heavy atom. The maximum atomic E-state index is 11.1. The Morgan fingerprint density at radius 3 is 2.80 bits per heavy atom. The Hall–Kier alpha value is -1.55. The Bertz CT molecular complexity index is 499. The summed E-state index contributed by atoms with van der Waals surface area (Å²) >= 11 is 0. The van der Waals surface area contributed by atoms with E-state index in [1.165, 1.54) is 11.1 Å². The molecular formula is C16H23NO3. The molecule has 110 valence electrons. The van der Waals surface area contributed by atoms with Crippen molar-refractivity contribution in [3.05, 3.63) is 28.8 Å². The molecule has 0 radical (unpaired) electrons. The molecule has 0 saturated carbocycles. The minimum Gasteiger partial charge on any atom is -0.496 e. The summed E-state index contributed by atoms with van der Waals surface area (Å²) in [5.41, 5.74) is 3.66. The van der Waals surface area contributed by atoms with Gasteiger partial charge in [-0.25, -0.2) is 0 Å². The third-order valence-electron chi connectivity index (χ3n) is 4.32. The molecule has 4 heteroatoms. The number of piperidine rings is 1. The van der Waals surface area contributed by atoms with Crippen LogP contribution >= 0.6 is 0 Å². The topological polar surface area (TPSA) is 49.8 Å². The van der Waals surface area contributed by atoms with Crippen molar-refractivity contribution in [2.45, 2.75) is 33.2 Å². The smallest absolute Gasteiger partial charge is 0.307 e. The van der Waals surface area contributed by atoms with Crippen LogP contribution in [0.4, 0.5) is 0 Å². The molecule has 4 nitrogen and oxygen atoms in total. The maximum absolute atomic E-state index is 11.1. The molecule has 1 fully saturated rings. The standard InChI is InChI=1S/C16H23NO3/c1-11-12(2)15(20-3)7-6-13(11)9-17-8-4-5-14(10-17)16(18)19/h6-7,14H,4-5,8-10H2,1-3H3,(H,18,19). The summed E-state index contributed by atoms with van der Waals surface area (Å²) < 4.78 is 5.33. The van der Waals surface area contributed by atoms with Crippen molar-refractivity contribution >= 4 is 5.97 Å². The lowest BCUT2D eigenvalue weighted by Crippen LogP contribution is -2.38. The summed E-state index contributed by atoms with van der Waals surface area (Å²) in [5.74, 6) is 0.0223. The lowest BCUT2D eigenvalue weighted by Gasteiger charge is -2.31. The van der Waals surface area contributed by atoms with Gasteiger partial charge in [-0.3, -0.25) is 9.69 Å². The Kier molecular flexibility index (Phi) is 4.65. The van der Waals surface area contributed by atoms with Crippen LogP contribution in [0.5, 0.6) is 5.75 Å². The number of likely N-dealkylation sites (tertiary alicyclic amines) is 1. The van der Waals surface area contributed by atoms with Crippen LogP contribution in [-0.2, 0) is 11.3 Å². The fourth-order valence-corrected chi connectivity index (χ4v) is 2.89. The van der Waals surface area contributed by atoms with Gasteiger partial charge in [0.15, 0.2) is 0 Å². The fourth-order valence-electron chi connectivity index (χ4n) is 2.89. The van der Waals surface area contributed by atoms with Gasteiger partial charge in [-0.2, -0.15) is 0 Å². The van der Waals surface area contributed by atoms with Gasteiger partial charge in [-0.05, 0) is 56.0 Å².